The smallest absolute Gasteiger partial charge is 0.253 e. The van der Waals surface area contributed by atoms with E-state index in [1.54, 1.807) is 29.3 Å². The quantitative estimate of drug-likeness (QED) is 0.789. The number of hydrogen-bond donors (Lipinski definition) is 1. The van der Waals surface area contributed by atoms with Gasteiger partial charge in [0.25, 0.3) is 5.91 Å². The molecule has 2 heterocycles. The van der Waals surface area contributed by atoms with Crippen LogP contribution in [0, 0.1) is 0 Å². The van der Waals surface area contributed by atoms with E-state index in [1.807, 2.05) is 31.3 Å². The lowest BCUT2D eigenvalue weighted by molar-refractivity contribution is 0.0937. The second-order valence-electron chi connectivity index (χ2n) is 4.83. The Bertz CT molecular complexity index is 748. The lowest BCUT2D eigenvalue weighted by Gasteiger charge is -2.14. The van der Waals surface area contributed by atoms with Crippen molar-refractivity contribution in [3.8, 4) is 0 Å². The Kier molecular flexibility index (Phi) is 3.59. The van der Waals surface area contributed by atoms with Crippen LogP contribution in [-0.4, -0.2) is 31.7 Å². The molecule has 1 aromatic carbocycles. The fourth-order valence-corrected chi connectivity index (χ4v) is 2.21. The maximum atomic E-state index is 12.4. The van der Waals surface area contributed by atoms with Crippen molar-refractivity contribution in [2.24, 2.45) is 0 Å². The molecule has 0 aliphatic rings. The van der Waals surface area contributed by atoms with Gasteiger partial charge in [-0.05, 0) is 25.1 Å². The predicted octanol–water partition coefficient (Wildman–Crippen LogP) is 1.64. The molecule has 0 fully saturated rings. The highest BCUT2D eigenvalue weighted by atomic mass is 16.1. The van der Waals surface area contributed by atoms with Gasteiger partial charge in [0, 0.05) is 30.8 Å². The number of carbonyl (C=O) groups excluding carboxylic acids is 1. The Morgan fingerprint density at radius 2 is 2.10 bits per heavy atom. The standard InChI is InChI=1S/C15H15N5O/c1-11(10-20-9-3-6-18-20)19-15(21)12-4-2-5-13-14(12)17-8-7-16-13/h2-9,11H,10H2,1H3,(H,19,21)/t11-/m1/s1. The van der Waals surface area contributed by atoms with Crippen molar-refractivity contribution in [1.29, 1.82) is 0 Å². The molecule has 106 valence electrons. The normalized spacial score (nSPS) is 12.2. The molecule has 0 aliphatic heterocycles. The zero-order valence-electron chi connectivity index (χ0n) is 11.6. The highest BCUT2D eigenvalue weighted by molar-refractivity contribution is 6.04. The van der Waals surface area contributed by atoms with Gasteiger partial charge < -0.3 is 5.32 Å². The van der Waals surface area contributed by atoms with Crippen LogP contribution in [0.3, 0.4) is 0 Å². The number of hydrogen-bond acceptors (Lipinski definition) is 4. The molecule has 1 N–H and O–H groups in total. The Balaban J connectivity index is 1.78. The number of nitrogens with one attached hydrogen (secondary N) is 1. The SMILES string of the molecule is C[C@H](Cn1cccn1)NC(=O)c1cccc2nccnc12. The second-order valence-corrected chi connectivity index (χ2v) is 4.83. The number of para-hydroxylation sites is 1. The van der Waals surface area contributed by atoms with Crippen LogP contribution in [-0.2, 0) is 6.54 Å². The van der Waals surface area contributed by atoms with Crippen molar-refractivity contribution >= 4 is 16.9 Å². The number of nitrogens with zero attached hydrogens (tertiary/aromatic N) is 4. The van der Waals surface area contributed by atoms with E-state index in [0.29, 0.717) is 23.1 Å². The molecule has 6 heteroatoms. The van der Waals surface area contributed by atoms with Crippen molar-refractivity contribution in [3.05, 3.63) is 54.6 Å². The van der Waals surface area contributed by atoms with E-state index >= 15 is 0 Å². The van der Waals surface area contributed by atoms with Gasteiger partial charge in [0.05, 0.1) is 17.6 Å². The molecule has 3 aromatic rings. The minimum atomic E-state index is -0.152. The molecule has 0 unspecified atom stereocenters. The summed E-state index contributed by atoms with van der Waals surface area (Å²) in [5, 5.41) is 7.09. The number of benzene rings is 1. The van der Waals surface area contributed by atoms with Crippen LogP contribution < -0.4 is 5.32 Å². The minimum absolute atomic E-state index is 0.0377. The third kappa shape index (κ3) is 2.89. The first-order valence-electron chi connectivity index (χ1n) is 6.72. The maximum absolute atomic E-state index is 12.4. The first-order valence-corrected chi connectivity index (χ1v) is 6.72. The summed E-state index contributed by atoms with van der Waals surface area (Å²) in [5.74, 6) is -0.152. The van der Waals surface area contributed by atoms with E-state index < -0.39 is 0 Å². The molecule has 0 spiro atoms. The van der Waals surface area contributed by atoms with Gasteiger partial charge in [0.1, 0.15) is 5.52 Å². The third-order valence-electron chi connectivity index (χ3n) is 3.14. The zero-order chi connectivity index (χ0) is 14.7. The van der Waals surface area contributed by atoms with E-state index in [-0.39, 0.29) is 11.9 Å². The average molecular weight is 281 g/mol. The fourth-order valence-electron chi connectivity index (χ4n) is 2.21. The molecule has 1 amide bonds. The maximum Gasteiger partial charge on any atom is 0.253 e. The molecule has 0 saturated heterocycles. The largest absolute Gasteiger partial charge is 0.348 e. The van der Waals surface area contributed by atoms with Crippen molar-refractivity contribution in [2.75, 3.05) is 0 Å². The molecule has 0 radical (unpaired) electrons. The predicted molar refractivity (Wildman–Crippen MR) is 78.7 cm³/mol. The molecule has 0 bridgehead atoms. The van der Waals surface area contributed by atoms with Crippen molar-refractivity contribution in [1.82, 2.24) is 25.1 Å². The summed E-state index contributed by atoms with van der Waals surface area (Å²) in [5.41, 5.74) is 1.86. The van der Waals surface area contributed by atoms with Gasteiger partial charge >= 0.3 is 0 Å². The number of rotatable bonds is 4. The number of amides is 1. The molecule has 6 nitrogen and oxygen atoms in total. The average Bonchev–Trinajstić information content (AvgIpc) is 2.99. The van der Waals surface area contributed by atoms with Crippen LogP contribution in [0.2, 0.25) is 0 Å². The summed E-state index contributed by atoms with van der Waals surface area (Å²) >= 11 is 0. The van der Waals surface area contributed by atoms with Crippen molar-refractivity contribution in [2.45, 2.75) is 19.5 Å². The molecular weight excluding hydrogens is 266 g/mol. The summed E-state index contributed by atoms with van der Waals surface area (Å²) in [6.07, 6.45) is 6.79. The van der Waals surface area contributed by atoms with Gasteiger partial charge in [-0.2, -0.15) is 5.10 Å². The van der Waals surface area contributed by atoms with Gasteiger partial charge in [-0.15, -0.1) is 0 Å². The zero-order valence-corrected chi connectivity index (χ0v) is 11.6. The van der Waals surface area contributed by atoms with E-state index in [9.17, 15) is 4.79 Å². The van der Waals surface area contributed by atoms with Gasteiger partial charge in [-0.1, -0.05) is 6.07 Å². The Labute approximate surface area is 121 Å². The van der Waals surface area contributed by atoms with E-state index in [2.05, 4.69) is 20.4 Å². The summed E-state index contributed by atoms with van der Waals surface area (Å²) < 4.78 is 1.79. The van der Waals surface area contributed by atoms with Gasteiger partial charge in [0.2, 0.25) is 0 Å². The molecule has 1 atom stereocenters. The van der Waals surface area contributed by atoms with Crippen molar-refractivity contribution in [3.63, 3.8) is 0 Å². The van der Waals surface area contributed by atoms with Crippen LogP contribution in [0.1, 0.15) is 17.3 Å². The van der Waals surface area contributed by atoms with E-state index in [0.717, 1.165) is 0 Å². The van der Waals surface area contributed by atoms with Gasteiger partial charge in [-0.3, -0.25) is 19.4 Å². The first kappa shape index (κ1) is 13.2. The molecule has 0 saturated carbocycles. The van der Waals surface area contributed by atoms with Crippen LogP contribution in [0.15, 0.2) is 49.1 Å². The van der Waals surface area contributed by atoms with Gasteiger partial charge in [-0.25, -0.2) is 0 Å². The lowest BCUT2D eigenvalue weighted by Crippen LogP contribution is -2.36. The summed E-state index contributed by atoms with van der Waals surface area (Å²) in [6.45, 7) is 2.56. The van der Waals surface area contributed by atoms with E-state index in [4.69, 9.17) is 0 Å². The number of carbonyl (C=O) groups is 1. The Morgan fingerprint density at radius 3 is 2.90 bits per heavy atom. The minimum Gasteiger partial charge on any atom is -0.348 e. The first-order chi connectivity index (χ1) is 10.2. The number of fused-ring (bicyclic) bond motifs is 1. The van der Waals surface area contributed by atoms with Crippen LogP contribution >= 0.6 is 0 Å². The molecule has 3 rings (SSSR count). The lowest BCUT2D eigenvalue weighted by atomic mass is 10.1. The highest BCUT2D eigenvalue weighted by Gasteiger charge is 2.14. The molecule has 21 heavy (non-hydrogen) atoms. The molecule has 0 aliphatic carbocycles. The summed E-state index contributed by atoms with van der Waals surface area (Å²) in [6, 6.07) is 7.22. The van der Waals surface area contributed by atoms with Crippen LogP contribution in [0.5, 0.6) is 0 Å². The third-order valence-corrected chi connectivity index (χ3v) is 3.14. The molecule has 2 aromatic heterocycles. The molecular formula is C15H15N5O. The second kappa shape index (κ2) is 5.70. The van der Waals surface area contributed by atoms with Crippen LogP contribution in [0.25, 0.3) is 11.0 Å². The highest BCUT2D eigenvalue weighted by Crippen LogP contribution is 2.13. The fraction of sp³-hybridized carbons (Fsp3) is 0.200. The van der Waals surface area contributed by atoms with Crippen molar-refractivity contribution < 1.29 is 4.79 Å². The monoisotopic (exact) mass is 281 g/mol. The van der Waals surface area contributed by atoms with E-state index in [1.165, 1.54) is 0 Å². The summed E-state index contributed by atoms with van der Waals surface area (Å²) in [7, 11) is 0. The Morgan fingerprint density at radius 1 is 1.24 bits per heavy atom. The Hall–Kier alpha value is -2.76. The number of aromatic nitrogens is 4. The van der Waals surface area contributed by atoms with Crippen LogP contribution in [0.4, 0.5) is 0 Å². The summed E-state index contributed by atoms with van der Waals surface area (Å²) in [4.78, 5) is 20.8. The van der Waals surface area contributed by atoms with Gasteiger partial charge in [0.15, 0.2) is 0 Å². The topological polar surface area (TPSA) is 72.7 Å².